The van der Waals surface area contributed by atoms with Gasteiger partial charge in [0.2, 0.25) is 0 Å². The first-order valence-corrected chi connectivity index (χ1v) is 18.9. The van der Waals surface area contributed by atoms with Crippen molar-refractivity contribution in [3.63, 3.8) is 0 Å². The molecule has 2 saturated heterocycles. The number of benzene rings is 3. The van der Waals surface area contributed by atoms with Crippen LogP contribution in [0.1, 0.15) is 71.7 Å². The molecule has 2 aliphatic heterocycles. The van der Waals surface area contributed by atoms with E-state index < -0.39 is 18.0 Å². The van der Waals surface area contributed by atoms with Gasteiger partial charge >= 0.3 is 11.9 Å². The Morgan fingerprint density at radius 1 is 0.964 bits per heavy atom. The minimum absolute atomic E-state index is 0.0513. The number of carboxylic acids is 2. The predicted molar refractivity (Wildman–Crippen MR) is 205 cm³/mol. The zero-order valence-electron chi connectivity index (χ0n) is 30.5. The average Bonchev–Trinajstić information content (AvgIpc) is 3.61. The largest absolute Gasteiger partial charge is 0.488 e. The molecule has 0 spiro atoms. The number of aliphatic carboxylic acids is 2. The number of ether oxygens (including phenoxy) is 2. The lowest BCUT2D eigenvalue weighted by molar-refractivity contribution is -0.145. The molecule has 7 rings (SSSR count). The Kier molecular flexibility index (Phi) is 11.6. The Bertz CT molecular complexity index is 2240. The van der Waals surface area contributed by atoms with Crippen LogP contribution in [0.25, 0.3) is 22.2 Å². The highest BCUT2D eigenvalue weighted by molar-refractivity contribution is 6.32. The van der Waals surface area contributed by atoms with Crippen LogP contribution in [0.4, 0.5) is 0 Å². The maximum Gasteiger partial charge on any atom is 0.320 e. The molecule has 4 heterocycles. The third-order valence-corrected chi connectivity index (χ3v) is 10.8. The van der Waals surface area contributed by atoms with Crippen molar-refractivity contribution in [2.75, 3.05) is 26.2 Å². The van der Waals surface area contributed by atoms with Crippen molar-refractivity contribution >= 4 is 34.6 Å². The fourth-order valence-corrected chi connectivity index (χ4v) is 7.78. The van der Waals surface area contributed by atoms with E-state index in [1.165, 1.54) is 6.20 Å². The number of pyridine rings is 1. The summed E-state index contributed by atoms with van der Waals surface area (Å²) in [5.41, 5.74) is 7.40. The van der Waals surface area contributed by atoms with Crippen LogP contribution in [-0.4, -0.2) is 74.1 Å². The standard InChI is InChI=1S/C42H42ClN5O7/c1-26-31(5-4-6-33(26)30-8-9-37-35(17-30)46-41(55-37)29-10-13-47(14-11-29)23-40(49)50)25-54-39-18-38(53-24-28-15-27(19-44)20-45-21-28)32(16-34(39)43)22-48-12-3-2-7-36(48)42(51)52/h4-6,8-9,15-18,20-21,29,36H,2-3,7,10-14,22-25H2,1H3,(H,49,50)(H,51,52)/t36-/m0/s1. The molecule has 1 atom stereocenters. The zero-order valence-corrected chi connectivity index (χ0v) is 31.3. The average molecular weight is 764 g/mol. The molecule has 2 aromatic heterocycles. The number of likely N-dealkylation sites (tertiary alicyclic amines) is 2. The molecule has 2 N–H and O–H groups in total. The van der Waals surface area contributed by atoms with Crippen molar-refractivity contribution in [2.45, 2.75) is 70.7 Å². The second-order valence-corrected chi connectivity index (χ2v) is 14.7. The topological polar surface area (TPSA) is 162 Å². The van der Waals surface area contributed by atoms with Crippen LogP contribution < -0.4 is 9.47 Å². The van der Waals surface area contributed by atoms with Gasteiger partial charge in [0, 0.05) is 42.0 Å². The molecule has 2 aliphatic rings. The molecule has 3 aromatic carbocycles. The number of hydrogen-bond acceptors (Lipinski definition) is 10. The van der Waals surface area contributed by atoms with Gasteiger partial charge in [-0.25, -0.2) is 4.98 Å². The maximum absolute atomic E-state index is 12.1. The van der Waals surface area contributed by atoms with Crippen molar-refractivity contribution in [1.29, 1.82) is 5.26 Å². The van der Waals surface area contributed by atoms with Crippen molar-refractivity contribution in [3.05, 3.63) is 106 Å². The SMILES string of the molecule is Cc1c(COc2cc(OCc3cncc(C#N)c3)c(CN3CCCC[C@H]3C(=O)O)cc2Cl)cccc1-c1ccc2oc(C3CCN(CC(=O)O)CC3)nc2c1. The molecule has 0 radical (unpaired) electrons. The van der Waals surface area contributed by atoms with E-state index in [1.807, 2.05) is 40.1 Å². The summed E-state index contributed by atoms with van der Waals surface area (Å²) in [7, 11) is 0. The summed E-state index contributed by atoms with van der Waals surface area (Å²) in [6, 6.07) is 18.8. The third kappa shape index (κ3) is 8.92. The minimum atomic E-state index is -0.845. The molecular weight excluding hydrogens is 722 g/mol. The summed E-state index contributed by atoms with van der Waals surface area (Å²) in [6.07, 6.45) is 7.08. The van der Waals surface area contributed by atoms with Crippen LogP contribution in [0, 0.1) is 18.3 Å². The van der Waals surface area contributed by atoms with Gasteiger partial charge in [0.15, 0.2) is 11.5 Å². The molecule has 0 aliphatic carbocycles. The number of oxazole rings is 1. The fourth-order valence-electron chi connectivity index (χ4n) is 7.54. The van der Waals surface area contributed by atoms with Gasteiger partial charge in [0.25, 0.3) is 0 Å². The van der Waals surface area contributed by atoms with Crippen molar-refractivity contribution in [2.24, 2.45) is 0 Å². The summed E-state index contributed by atoms with van der Waals surface area (Å²) in [4.78, 5) is 36.1. The molecule has 55 heavy (non-hydrogen) atoms. The first kappa shape index (κ1) is 37.8. The molecule has 12 nitrogen and oxygen atoms in total. The van der Waals surface area contributed by atoms with E-state index in [0.717, 1.165) is 64.6 Å². The number of nitriles is 1. The predicted octanol–water partition coefficient (Wildman–Crippen LogP) is 7.58. The number of halogens is 1. The number of rotatable bonds is 13. The summed E-state index contributed by atoms with van der Waals surface area (Å²) in [6.45, 7) is 4.86. The lowest BCUT2D eigenvalue weighted by atomic mass is 9.96. The number of nitrogens with zero attached hydrogens (tertiary/aromatic N) is 5. The van der Waals surface area contributed by atoms with E-state index in [-0.39, 0.29) is 25.7 Å². The third-order valence-electron chi connectivity index (χ3n) is 10.5. The maximum atomic E-state index is 12.1. The van der Waals surface area contributed by atoms with Crippen molar-refractivity contribution < 1.29 is 33.7 Å². The molecule has 0 amide bonds. The van der Waals surface area contributed by atoms with E-state index in [4.69, 9.17) is 35.6 Å². The van der Waals surface area contributed by atoms with Gasteiger partial charge < -0.3 is 24.1 Å². The summed E-state index contributed by atoms with van der Waals surface area (Å²) >= 11 is 6.85. The molecule has 13 heteroatoms. The van der Waals surface area contributed by atoms with Gasteiger partial charge in [0.05, 0.1) is 17.1 Å². The van der Waals surface area contributed by atoms with Crippen LogP contribution in [-0.2, 0) is 29.3 Å². The van der Waals surface area contributed by atoms with E-state index >= 15 is 0 Å². The normalized spacial score (nSPS) is 16.9. The number of carbonyl (C=O) groups is 2. The lowest BCUT2D eigenvalue weighted by Gasteiger charge is -2.33. The molecule has 0 bridgehead atoms. The van der Waals surface area contributed by atoms with Gasteiger partial charge in [-0.15, -0.1) is 0 Å². The van der Waals surface area contributed by atoms with Gasteiger partial charge in [0.1, 0.15) is 42.3 Å². The zero-order chi connectivity index (χ0) is 38.5. The second kappa shape index (κ2) is 16.9. The molecule has 5 aromatic rings. The molecular formula is C42H42ClN5O7. The van der Waals surface area contributed by atoms with E-state index in [2.05, 4.69) is 24.0 Å². The monoisotopic (exact) mass is 763 g/mol. The summed E-state index contributed by atoms with van der Waals surface area (Å²) in [5.74, 6) is 0.112. The first-order valence-electron chi connectivity index (χ1n) is 18.5. The van der Waals surface area contributed by atoms with Crippen molar-refractivity contribution in [3.8, 4) is 28.7 Å². The Morgan fingerprint density at radius 2 is 1.78 bits per heavy atom. The first-order chi connectivity index (χ1) is 26.6. The van der Waals surface area contributed by atoms with Crippen LogP contribution >= 0.6 is 11.6 Å². The van der Waals surface area contributed by atoms with Gasteiger partial charge in [-0.05, 0) is 98.8 Å². The smallest absolute Gasteiger partial charge is 0.320 e. The summed E-state index contributed by atoms with van der Waals surface area (Å²) < 4.78 is 18.8. The van der Waals surface area contributed by atoms with Crippen LogP contribution in [0.2, 0.25) is 5.02 Å². The number of piperidine rings is 2. The minimum Gasteiger partial charge on any atom is -0.488 e. The van der Waals surface area contributed by atoms with Gasteiger partial charge in [-0.1, -0.05) is 42.3 Å². The quantitative estimate of drug-likeness (QED) is 0.121. The molecule has 0 saturated carbocycles. The summed E-state index contributed by atoms with van der Waals surface area (Å²) in [5, 5.41) is 28.8. The number of aromatic nitrogens is 2. The second-order valence-electron chi connectivity index (χ2n) is 14.3. The van der Waals surface area contributed by atoms with Gasteiger partial charge in [-0.3, -0.25) is 24.4 Å². The van der Waals surface area contributed by atoms with E-state index in [9.17, 15) is 20.0 Å². The number of fused-ring (bicyclic) bond motifs is 1. The fraction of sp³-hybridized carbons (Fsp3) is 0.357. The molecule has 284 valence electrons. The Labute approximate surface area is 323 Å². The Hall–Kier alpha value is -5.48. The number of carboxylic acid groups (broad SMARTS) is 2. The van der Waals surface area contributed by atoms with Crippen LogP contribution in [0.5, 0.6) is 11.5 Å². The van der Waals surface area contributed by atoms with E-state index in [0.29, 0.717) is 66.2 Å². The highest BCUT2D eigenvalue weighted by Crippen LogP contribution is 2.37. The molecule has 0 unspecified atom stereocenters. The van der Waals surface area contributed by atoms with E-state index in [1.54, 1.807) is 24.4 Å². The van der Waals surface area contributed by atoms with Gasteiger partial charge in [-0.2, -0.15) is 5.26 Å². The highest BCUT2D eigenvalue weighted by Gasteiger charge is 2.30. The Morgan fingerprint density at radius 3 is 2.56 bits per heavy atom. The Balaban J connectivity index is 1.09. The highest BCUT2D eigenvalue weighted by atomic mass is 35.5. The molecule has 2 fully saturated rings. The van der Waals surface area contributed by atoms with Crippen LogP contribution in [0.3, 0.4) is 0 Å². The van der Waals surface area contributed by atoms with Crippen molar-refractivity contribution in [1.82, 2.24) is 19.8 Å². The lowest BCUT2D eigenvalue weighted by Crippen LogP contribution is -2.44. The van der Waals surface area contributed by atoms with Crippen LogP contribution in [0.15, 0.2) is 71.4 Å². The number of hydrogen-bond donors (Lipinski definition) is 2.